The van der Waals surface area contributed by atoms with Gasteiger partial charge in [-0.05, 0) is 6.92 Å². The number of carbonyl (C=O) groups is 2. The Labute approximate surface area is 78.2 Å². The van der Waals surface area contributed by atoms with Crippen LogP contribution in [-0.2, 0) is 11.3 Å². The third-order valence-electron chi connectivity index (χ3n) is 1.60. The quantitative estimate of drug-likeness (QED) is 0.492. The number of H-pyrrole nitrogens is 1. The van der Waals surface area contributed by atoms with Crippen LogP contribution in [-0.4, -0.2) is 21.6 Å². The number of hydrogen-bond acceptors (Lipinski definition) is 4. The van der Waals surface area contributed by atoms with Gasteiger partial charge in [0.1, 0.15) is 11.5 Å². The van der Waals surface area contributed by atoms with Crippen molar-refractivity contribution in [1.82, 2.24) is 9.55 Å². The van der Waals surface area contributed by atoms with E-state index in [-0.39, 0.29) is 18.0 Å². The maximum atomic E-state index is 11.2. The normalized spacial score (nSPS) is 9.79. The summed E-state index contributed by atoms with van der Waals surface area (Å²) in [6.45, 7) is 0.999. The van der Waals surface area contributed by atoms with E-state index in [1.165, 1.54) is 6.92 Å². The highest BCUT2D eigenvalue weighted by Crippen LogP contribution is 1.88. The first-order chi connectivity index (χ1) is 6.56. The average molecular weight is 196 g/mol. The van der Waals surface area contributed by atoms with Crippen molar-refractivity contribution in [2.45, 2.75) is 13.5 Å². The molecule has 1 aromatic heterocycles. The van der Waals surface area contributed by atoms with E-state index < -0.39 is 11.1 Å². The standard InChI is InChI=1S/C8H8N2O4/c1-5(12)3-10-6(4-11)2-9-7(13)8(10)14/h2,4H,3H2,1H3,(H,9,13). The zero-order valence-electron chi connectivity index (χ0n) is 7.44. The predicted octanol–water partition coefficient (Wildman–Crippen LogP) is -1.06. The lowest BCUT2D eigenvalue weighted by molar-refractivity contribution is -0.117. The van der Waals surface area contributed by atoms with Gasteiger partial charge >= 0.3 is 11.1 Å². The molecule has 0 unspecified atom stereocenters. The number of hydrogen-bond donors (Lipinski definition) is 1. The van der Waals surface area contributed by atoms with Crippen molar-refractivity contribution in [3.05, 3.63) is 32.6 Å². The van der Waals surface area contributed by atoms with Crippen LogP contribution in [0.1, 0.15) is 17.4 Å². The second kappa shape index (κ2) is 3.82. The minimum absolute atomic E-state index is 0.0233. The van der Waals surface area contributed by atoms with Gasteiger partial charge in [-0.25, -0.2) is 0 Å². The molecule has 74 valence electrons. The van der Waals surface area contributed by atoms with Crippen LogP contribution in [0.5, 0.6) is 0 Å². The van der Waals surface area contributed by atoms with Gasteiger partial charge in [0.15, 0.2) is 6.29 Å². The first-order valence-corrected chi connectivity index (χ1v) is 3.83. The molecule has 0 saturated carbocycles. The summed E-state index contributed by atoms with van der Waals surface area (Å²) in [5, 5.41) is 0. The number of aldehydes is 1. The summed E-state index contributed by atoms with van der Waals surface area (Å²) in [6.07, 6.45) is 1.50. The lowest BCUT2D eigenvalue weighted by Gasteiger charge is -2.03. The molecular formula is C8H8N2O4. The summed E-state index contributed by atoms with van der Waals surface area (Å²) in [5.41, 5.74) is -1.77. The highest BCUT2D eigenvalue weighted by Gasteiger charge is 2.07. The Bertz CT molecular complexity index is 483. The summed E-state index contributed by atoms with van der Waals surface area (Å²) >= 11 is 0. The van der Waals surface area contributed by atoms with Gasteiger partial charge in [0.25, 0.3) is 0 Å². The van der Waals surface area contributed by atoms with Crippen molar-refractivity contribution < 1.29 is 9.59 Å². The summed E-state index contributed by atoms with van der Waals surface area (Å²) in [5.74, 6) is -0.305. The van der Waals surface area contributed by atoms with E-state index in [0.717, 1.165) is 10.8 Å². The third-order valence-corrected chi connectivity index (χ3v) is 1.60. The number of ketones is 1. The Kier molecular flexibility index (Phi) is 2.76. The predicted molar refractivity (Wildman–Crippen MR) is 47.4 cm³/mol. The Morgan fingerprint density at radius 2 is 2.21 bits per heavy atom. The Morgan fingerprint density at radius 3 is 2.71 bits per heavy atom. The number of nitrogens with one attached hydrogen (secondary N) is 1. The monoisotopic (exact) mass is 196 g/mol. The number of Topliss-reactive ketones (excluding diaryl/α,β-unsaturated/α-hetero) is 1. The van der Waals surface area contributed by atoms with Crippen LogP contribution < -0.4 is 11.1 Å². The molecule has 0 aliphatic rings. The van der Waals surface area contributed by atoms with Crippen molar-refractivity contribution in [3.8, 4) is 0 Å². The topological polar surface area (TPSA) is 89.0 Å². The van der Waals surface area contributed by atoms with Crippen molar-refractivity contribution in [2.75, 3.05) is 0 Å². The second-order valence-electron chi connectivity index (χ2n) is 2.75. The van der Waals surface area contributed by atoms with E-state index in [1.54, 1.807) is 0 Å². The lowest BCUT2D eigenvalue weighted by Crippen LogP contribution is -2.38. The SMILES string of the molecule is CC(=O)Cn1c(C=O)c[nH]c(=O)c1=O. The molecule has 0 saturated heterocycles. The zero-order valence-corrected chi connectivity index (χ0v) is 7.44. The van der Waals surface area contributed by atoms with E-state index in [0.29, 0.717) is 6.29 Å². The van der Waals surface area contributed by atoms with Crippen LogP contribution in [0, 0.1) is 0 Å². The first-order valence-electron chi connectivity index (χ1n) is 3.83. The van der Waals surface area contributed by atoms with Crippen LogP contribution in [0.25, 0.3) is 0 Å². The second-order valence-corrected chi connectivity index (χ2v) is 2.75. The van der Waals surface area contributed by atoms with Gasteiger partial charge in [-0.1, -0.05) is 0 Å². The Balaban J connectivity index is 3.43. The number of aromatic nitrogens is 2. The Hall–Kier alpha value is -1.98. The molecule has 1 heterocycles. The molecule has 6 heteroatoms. The molecule has 0 spiro atoms. The molecule has 1 aromatic rings. The average Bonchev–Trinajstić information content (AvgIpc) is 2.13. The summed E-state index contributed by atoms with van der Waals surface area (Å²) in [7, 11) is 0. The largest absolute Gasteiger partial charge is 0.322 e. The van der Waals surface area contributed by atoms with Crippen molar-refractivity contribution in [3.63, 3.8) is 0 Å². The molecule has 1 N–H and O–H groups in total. The van der Waals surface area contributed by atoms with E-state index in [1.807, 2.05) is 0 Å². The molecule has 0 radical (unpaired) electrons. The molecule has 0 bridgehead atoms. The number of carbonyl (C=O) groups excluding carboxylic acids is 2. The van der Waals surface area contributed by atoms with Crippen molar-refractivity contribution in [1.29, 1.82) is 0 Å². The van der Waals surface area contributed by atoms with Crippen LogP contribution in [0.3, 0.4) is 0 Å². The fourth-order valence-corrected chi connectivity index (χ4v) is 1.00. The van der Waals surface area contributed by atoms with Gasteiger partial charge in [-0.2, -0.15) is 0 Å². The number of aromatic amines is 1. The van der Waals surface area contributed by atoms with Crippen molar-refractivity contribution in [2.24, 2.45) is 0 Å². The van der Waals surface area contributed by atoms with E-state index in [9.17, 15) is 19.2 Å². The van der Waals surface area contributed by atoms with E-state index in [2.05, 4.69) is 4.98 Å². The first kappa shape index (κ1) is 10.1. The fraction of sp³-hybridized carbons (Fsp3) is 0.250. The molecule has 0 aliphatic carbocycles. The molecule has 6 nitrogen and oxygen atoms in total. The fourth-order valence-electron chi connectivity index (χ4n) is 1.00. The van der Waals surface area contributed by atoms with Crippen LogP contribution in [0.15, 0.2) is 15.8 Å². The van der Waals surface area contributed by atoms with Crippen LogP contribution in [0.4, 0.5) is 0 Å². The molecule has 0 amide bonds. The zero-order chi connectivity index (χ0) is 10.7. The van der Waals surface area contributed by atoms with Crippen LogP contribution in [0.2, 0.25) is 0 Å². The minimum Gasteiger partial charge on any atom is -0.322 e. The lowest BCUT2D eigenvalue weighted by atomic mass is 10.4. The van der Waals surface area contributed by atoms with Gasteiger partial charge in [0.05, 0.1) is 6.54 Å². The van der Waals surface area contributed by atoms with Gasteiger partial charge in [0.2, 0.25) is 0 Å². The molecule has 14 heavy (non-hydrogen) atoms. The van der Waals surface area contributed by atoms with Crippen LogP contribution >= 0.6 is 0 Å². The summed E-state index contributed by atoms with van der Waals surface area (Å²) < 4.78 is 0.841. The minimum atomic E-state index is -0.898. The molecule has 0 aromatic carbocycles. The Morgan fingerprint density at radius 1 is 1.57 bits per heavy atom. The number of rotatable bonds is 3. The molecule has 0 fully saturated rings. The van der Waals surface area contributed by atoms with E-state index >= 15 is 0 Å². The van der Waals surface area contributed by atoms with Crippen molar-refractivity contribution >= 4 is 12.1 Å². The molecule has 0 atom stereocenters. The maximum Gasteiger partial charge on any atom is 0.317 e. The highest BCUT2D eigenvalue weighted by atomic mass is 16.2. The molecular weight excluding hydrogens is 188 g/mol. The van der Waals surface area contributed by atoms with E-state index in [4.69, 9.17) is 0 Å². The van der Waals surface area contributed by atoms with Gasteiger partial charge in [-0.3, -0.25) is 23.7 Å². The maximum absolute atomic E-state index is 11.2. The summed E-state index contributed by atoms with van der Waals surface area (Å²) in [4.78, 5) is 45.4. The highest BCUT2D eigenvalue weighted by molar-refractivity contribution is 5.77. The van der Waals surface area contributed by atoms with Gasteiger partial charge < -0.3 is 4.98 Å². The van der Waals surface area contributed by atoms with Gasteiger partial charge in [-0.15, -0.1) is 0 Å². The number of nitrogens with zero attached hydrogens (tertiary/aromatic N) is 1. The molecule has 1 rings (SSSR count). The van der Waals surface area contributed by atoms with Gasteiger partial charge in [0, 0.05) is 6.20 Å². The third kappa shape index (κ3) is 1.85. The smallest absolute Gasteiger partial charge is 0.317 e. The molecule has 0 aliphatic heterocycles. The summed E-state index contributed by atoms with van der Waals surface area (Å²) in [6, 6.07) is 0.